The second-order valence-corrected chi connectivity index (χ2v) is 13.5. The van der Waals surface area contributed by atoms with Crippen LogP contribution in [0.15, 0.2) is 5.38 Å². The van der Waals surface area contributed by atoms with E-state index < -0.39 is 23.8 Å². The first-order valence-electron chi connectivity index (χ1n) is 16.3. The van der Waals surface area contributed by atoms with Crippen LogP contribution in [0.1, 0.15) is 110 Å². The van der Waals surface area contributed by atoms with E-state index in [2.05, 4.69) is 43.4 Å². The molecule has 43 heavy (non-hydrogen) atoms. The predicted octanol–water partition coefficient (Wildman–Crippen LogP) is 5.28. The minimum absolute atomic E-state index is 0.0189. The molecule has 3 heterocycles. The van der Waals surface area contributed by atoms with Gasteiger partial charge in [0, 0.05) is 44.1 Å². The van der Waals surface area contributed by atoms with Gasteiger partial charge in [-0.3, -0.25) is 14.5 Å². The second-order valence-electron chi connectivity index (χ2n) is 12.7. The van der Waals surface area contributed by atoms with E-state index in [1.165, 1.54) is 11.3 Å². The van der Waals surface area contributed by atoms with Crippen molar-refractivity contribution in [2.75, 3.05) is 27.2 Å². The van der Waals surface area contributed by atoms with Crippen molar-refractivity contribution < 1.29 is 23.9 Å². The molecule has 0 radical (unpaired) electrons. The molecule has 0 aliphatic carbocycles. The molecule has 0 unspecified atom stereocenters. The Bertz CT molecular complexity index is 1050. The smallest absolute Gasteiger partial charge is 0.407 e. The van der Waals surface area contributed by atoms with Gasteiger partial charge in [-0.2, -0.15) is 0 Å². The molecule has 0 saturated carbocycles. The van der Waals surface area contributed by atoms with Crippen LogP contribution in [0.5, 0.6) is 0 Å². The maximum absolute atomic E-state index is 14.3. The lowest BCUT2D eigenvalue weighted by atomic mass is 9.73. The van der Waals surface area contributed by atoms with E-state index >= 15 is 0 Å². The first-order valence-corrected chi connectivity index (χ1v) is 17.1. The Kier molecular flexibility index (Phi) is 13.3. The van der Waals surface area contributed by atoms with Crippen molar-refractivity contribution in [3.8, 4) is 0 Å². The normalized spacial score (nSPS) is 23.2. The summed E-state index contributed by atoms with van der Waals surface area (Å²) in [5.41, 5.74) is 0.243. The van der Waals surface area contributed by atoms with Gasteiger partial charge in [-0.1, -0.05) is 34.1 Å². The quantitative estimate of drug-likeness (QED) is 0.274. The van der Waals surface area contributed by atoms with Crippen molar-refractivity contribution in [2.24, 2.45) is 11.8 Å². The molecule has 0 spiro atoms. The molecule has 244 valence electrons. The molecule has 3 rings (SSSR count). The summed E-state index contributed by atoms with van der Waals surface area (Å²) < 4.78 is 11.4. The number of thiazole rings is 1. The van der Waals surface area contributed by atoms with E-state index in [0.29, 0.717) is 37.2 Å². The summed E-state index contributed by atoms with van der Waals surface area (Å²) in [6.45, 7) is 13.4. The standard InChI is InChI=1S/C32H55N5O5S/c1-9-22(6)27(35-30(39)32-16-12-14-24(37(32)8)15-13-17-32)29(38)36(7)25(21(4)5)18-26(42-31(40)33-10-2)28-34-23(20-43-28)19-41-11-3/h20-22,24-27H,9-19H2,1-8H3,(H,33,40)(H,35,39)/t22-,24?,25+,26+,27-,32?/m0/s1. The number of likely N-dealkylation sites (N-methyl/N-ethyl adjacent to an activating group) is 2. The number of piperidine rings is 2. The van der Waals surface area contributed by atoms with Crippen molar-refractivity contribution in [3.05, 3.63) is 16.1 Å². The molecule has 1 aromatic rings. The molecular weight excluding hydrogens is 566 g/mol. The molecule has 2 aliphatic heterocycles. The summed E-state index contributed by atoms with van der Waals surface area (Å²) in [5, 5.41) is 8.56. The number of aromatic nitrogens is 1. The largest absolute Gasteiger partial charge is 0.439 e. The highest BCUT2D eigenvalue weighted by Crippen LogP contribution is 2.41. The number of ether oxygens (including phenoxy) is 2. The molecule has 0 aromatic carbocycles. The zero-order valence-electron chi connectivity index (χ0n) is 27.6. The number of alkyl carbamates (subject to hydrolysis) is 1. The molecule has 4 atom stereocenters. The van der Waals surface area contributed by atoms with Crippen LogP contribution in [0.2, 0.25) is 0 Å². The fourth-order valence-corrected chi connectivity index (χ4v) is 7.55. The molecule has 2 N–H and O–H groups in total. The van der Waals surface area contributed by atoms with Crippen LogP contribution in [0.25, 0.3) is 0 Å². The summed E-state index contributed by atoms with van der Waals surface area (Å²) in [5.74, 6) is -0.113. The van der Waals surface area contributed by atoms with Crippen LogP contribution in [0, 0.1) is 11.8 Å². The van der Waals surface area contributed by atoms with Gasteiger partial charge in [0.15, 0.2) is 6.10 Å². The maximum atomic E-state index is 14.3. The SMILES string of the molecule is CCNC(=O)O[C@H](C[C@H](C(C)C)N(C)C(=O)[C@@H](NC(=O)C12CCCC(CCC1)N2C)[C@@H](C)CC)c1nc(COCC)cs1. The highest BCUT2D eigenvalue weighted by Gasteiger charge is 2.50. The Morgan fingerprint density at radius 2 is 1.84 bits per heavy atom. The summed E-state index contributed by atoms with van der Waals surface area (Å²) in [6, 6.07) is -0.473. The van der Waals surface area contributed by atoms with Crippen molar-refractivity contribution >= 4 is 29.2 Å². The van der Waals surface area contributed by atoms with E-state index in [9.17, 15) is 14.4 Å². The minimum atomic E-state index is -0.644. The fourth-order valence-electron chi connectivity index (χ4n) is 6.70. The lowest BCUT2D eigenvalue weighted by Gasteiger charge is -2.52. The van der Waals surface area contributed by atoms with Gasteiger partial charge in [0.1, 0.15) is 16.6 Å². The highest BCUT2D eigenvalue weighted by molar-refractivity contribution is 7.09. The lowest BCUT2D eigenvalue weighted by molar-refractivity contribution is -0.148. The Labute approximate surface area is 262 Å². The van der Waals surface area contributed by atoms with Gasteiger partial charge in [0.25, 0.3) is 0 Å². The Morgan fingerprint density at radius 1 is 1.16 bits per heavy atom. The lowest BCUT2D eigenvalue weighted by Crippen LogP contribution is -2.67. The number of carbonyl (C=O) groups excluding carboxylic acids is 3. The topological polar surface area (TPSA) is 113 Å². The van der Waals surface area contributed by atoms with Crippen LogP contribution >= 0.6 is 11.3 Å². The van der Waals surface area contributed by atoms with E-state index in [0.717, 1.165) is 50.6 Å². The number of hydrogen-bond acceptors (Lipinski definition) is 8. The van der Waals surface area contributed by atoms with Gasteiger partial charge >= 0.3 is 6.09 Å². The van der Waals surface area contributed by atoms with Gasteiger partial charge in [0.05, 0.1) is 12.3 Å². The zero-order valence-corrected chi connectivity index (χ0v) is 28.4. The van der Waals surface area contributed by atoms with Crippen LogP contribution in [-0.2, 0) is 25.7 Å². The van der Waals surface area contributed by atoms with Crippen LogP contribution in [-0.4, -0.2) is 83.6 Å². The van der Waals surface area contributed by atoms with Crippen LogP contribution in [0.3, 0.4) is 0 Å². The first kappa shape index (κ1) is 35.2. The van der Waals surface area contributed by atoms with Gasteiger partial charge < -0.3 is 25.0 Å². The average molecular weight is 622 g/mol. The number of rotatable bonds is 15. The van der Waals surface area contributed by atoms with Crippen molar-refractivity contribution in [1.82, 2.24) is 25.4 Å². The fraction of sp³-hybridized carbons (Fsp3) is 0.812. The number of carbonyl (C=O) groups is 3. The predicted molar refractivity (Wildman–Crippen MR) is 170 cm³/mol. The summed E-state index contributed by atoms with van der Waals surface area (Å²) in [4.78, 5) is 49.6. The number of nitrogens with zero attached hydrogens (tertiary/aromatic N) is 3. The van der Waals surface area contributed by atoms with Gasteiger partial charge in [0.2, 0.25) is 11.8 Å². The summed E-state index contributed by atoms with van der Waals surface area (Å²) >= 11 is 1.43. The third-order valence-corrected chi connectivity index (χ3v) is 10.6. The Balaban J connectivity index is 1.84. The number of hydrogen-bond donors (Lipinski definition) is 2. The first-order chi connectivity index (χ1) is 20.5. The highest BCUT2D eigenvalue weighted by atomic mass is 32.1. The molecule has 2 fully saturated rings. The molecule has 2 saturated heterocycles. The van der Waals surface area contributed by atoms with Crippen molar-refractivity contribution in [2.45, 2.75) is 129 Å². The van der Waals surface area contributed by atoms with Gasteiger partial charge in [-0.25, -0.2) is 9.78 Å². The van der Waals surface area contributed by atoms with E-state index in [-0.39, 0.29) is 29.7 Å². The van der Waals surface area contributed by atoms with Crippen molar-refractivity contribution in [1.29, 1.82) is 0 Å². The van der Waals surface area contributed by atoms with Crippen LogP contribution < -0.4 is 10.6 Å². The summed E-state index contributed by atoms with van der Waals surface area (Å²) in [7, 11) is 3.89. The Morgan fingerprint density at radius 3 is 2.42 bits per heavy atom. The molecule has 10 nitrogen and oxygen atoms in total. The molecule has 11 heteroatoms. The molecule has 3 amide bonds. The number of fused-ring (bicyclic) bond motifs is 2. The third-order valence-electron chi connectivity index (χ3n) is 9.61. The molecule has 1 aromatic heterocycles. The third kappa shape index (κ3) is 8.48. The molecule has 2 aliphatic rings. The Hall–Kier alpha value is -2.24. The van der Waals surface area contributed by atoms with E-state index in [4.69, 9.17) is 14.5 Å². The van der Waals surface area contributed by atoms with E-state index in [1.807, 2.05) is 33.2 Å². The minimum Gasteiger partial charge on any atom is -0.439 e. The number of nitrogens with one attached hydrogen (secondary N) is 2. The van der Waals surface area contributed by atoms with Crippen molar-refractivity contribution in [3.63, 3.8) is 0 Å². The van der Waals surface area contributed by atoms with Crippen LogP contribution in [0.4, 0.5) is 4.79 Å². The maximum Gasteiger partial charge on any atom is 0.407 e. The monoisotopic (exact) mass is 621 g/mol. The van der Waals surface area contributed by atoms with Gasteiger partial charge in [-0.05, 0) is 71.3 Å². The molecule has 2 bridgehead atoms. The molecular formula is C32H55N5O5S. The van der Waals surface area contributed by atoms with Gasteiger partial charge in [-0.15, -0.1) is 11.3 Å². The number of amides is 3. The van der Waals surface area contributed by atoms with E-state index in [1.54, 1.807) is 4.90 Å². The zero-order chi connectivity index (χ0) is 31.7. The average Bonchev–Trinajstić information content (AvgIpc) is 3.44. The summed E-state index contributed by atoms with van der Waals surface area (Å²) in [6.07, 6.45) is 5.97. The second kappa shape index (κ2) is 16.2.